The molecule has 0 N–H and O–H groups in total. The van der Waals surface area contributed by atoms with Gasteiger partial charge in [0.15, 0.2) is 0 Å². The molecule has 0 heterocycles. The Kier molecular flexibility index (Phi) is 4.02. The largest absolute Gasteiger partial charge is 0.384 e. The Hall–Kier alpha value is -0.0800. The summed E-state index contributed by atoms with van der Waals surface area (Å²) >= 11 is 0. The predicted octanol–water partition coefficient (Wildman–Crippen LogP) is 1.75. The van der Waals surface area contributed by atoms with Crippen LogP contribution >= 0.6 is 0 Å². The normalized spacial score (nSPS) is 31.0. The van der Waals surface area contributed by atoms with E-state index in [0.717, 1.165) is 18.6 Å². The van der Waals surface area contributed by atoms with Crippen LogP contribution < -0.4 is 0 Å². The van der Waals surface area contributed by atoms with Gasteiger partial charge in [-0.05, 0) is 45.7 Å². The van der Waals surface area contributed by atoms with Gasteiger partial charge in [0, 0.05) is 19.8 Å². The van der Waals surface area contributed by atoms with Gasteiger partial charge in [-0.1, -0.05) is 0 Å². The van der Waals surface area contributed by atoms with E-state index in [1.165, 1.54) is 25.7 Å². The Labute approximate surface area is 75.9 Å². The molecule has 0 aromatic heterocycles. The molecule has 1 aliphatic rings. The number of hydrogen-bond acceptors (Lipinski definition) is 2. The number of rotatable bonds is 3. The summed E-state index contributed by atoms with van der Waals surface area (Å²) in [6.07, 6.45) is 5.38. The number of nitrogens with zero attached hydrogens (tertiary/aromatic N) is 1. The fourth-order valence-corrected chi connectivity index (χ4v) is 2.06. The van der Waals surface area contributed by atoms with Crippen LogP contribution in [0.2, 0.25) is 0 Å². The van der Waals surface area contributed by atoms with Crippen LogP contribution in [0.3, 0.4) is 0 Å². The van der Waals surface area contributed by atoms with Gasteiger partial charge in [0.25, 0.3) is 0 Å². The molecule has 0 spiro atoms. The van der Waals surface area contributed by atoms with E-state index in [1.807, 2.05) is 0 Å². The molecule has 1 aliphatic carbocycles. The smallest absolute Gasteiger partial charge is 0.0490 e. The summed E-state index contributed by atoms with van der Waals surface area (Å²) in [6, 6.07) is 0.818. The zero-order valence-electron chi connectivity index (χ0n) is 8.55. The van der Waals surface area contributed by atoms with Gasteiger partial charge in [-0.2, -0.15) is 0 Å². The van der Waals surface area contributed by atoms with E-state index in [9.17, 15) is 0 Å². The summed E-state index contributed by atoms with van der Waals surface area (Å²) in [5.41, 5.74) is 0. The first-order valence-corrected chi connectivity index (χ1v) is 4.89. The Morgan fingerprint density at radius 2 is 1.75 bits per heavy atom. The highest BCUT2D eigenvalue weighted by molar-refractivity contribution is 4.76. The van der Waals surface area contributed by atoms with Crippen LogP contribution in [-0.4, -0.2) is 38.8 Å². The maximum Gasteiger partial charge on any atom is 0.0490 e. The molecule has 0 bridgehead atoms. The fraction of sp³-hybridized carbons (Fsp3) is 1.00. The maximum absolute atomic E-state index is 5.16. The zero-order chi connectivity index (χ0) is 8.97. The average Bonchev–Trinajstić information content (AvgIpc) is 2.06. The lowest BCUT2D eigenvalue weighted by molar-refractivity contribution is 0.107. The Bertz CT molecular complexity index is 117. The molecular formula is C10H21NO. The van der Waals surface area contributed by atoms with Gasteiger partial charge in [-0.15, -0.1) is 0 Å². The van der Waals surface area contributed by atoms with Crippen molar-refractivity contribution in [3.63, 3.8) is 0 Å². The monoisotopic (exact) mass is 171 g/mol. The van der Waals surface area contributed by atoms with E-state index in [1.54, 1.807) is 7.11 Å². The average molecular weight is 171 g/mol. The number of methoxy groups -OCH3 is 1. The van der Waals surface area contributed by atoms with Crippen molar-refractivity contribution >= 4 is 0 Å². The molecule has 0 atom stereocenters. The highest BCUT2D eigenvalue weighted by atomic mass is 16.5. The molecule has 72 valence electrons. The van der Waals surface area contributed by atoms with Gasteiger partial charge in [-0.25, -0.2) is 0 Å². The number of hydrogen-bond donors (Lipinski definition) is 0. The van der Waals surface area contributed by atoms with Crippen molar-refractivity contribution in [3.8, 4) is 0 Å². The van der Waals surface area contributed by atoms with Crippen LogP contribution in [0.5, 0.6) is 0 Å². The Balaban J connectivity index is 2.20. The summed E-state index contributed by atoms with van der Waals surface area (Å²) in [6.45, 7) is 0.958. The lowest BCUT2D eigenvalue weighted by Crippen LogP contribution is -2.32. The molecule has 0 saturated heterocycles. The third-order valence-corrected chi connectivity index (χ3v) is 2.95. The quantitative estimate of drug-likeness (QED) is 0.641. The van der Waals surface area contributed by atoms with E-state index >= 15 is 0 Å². The molecule has 0 amide bonds. The van der Waals surface area contributed by atoms with Gasteiger partial charge >= 0.3 is 0 Å². The molecule has 0 radical (unpaired) electrons. The molecule has 1 saturated carbocycles. The first-order chi connectivity index (χ1) is 5.74. The molecule has 0 aromatic carbocycles. The first-order valence-electron chi connectivity index (χ1n) is 4.89. The Morgan fingerprint density at radius 3 is 2.17 bits per heavy atom. The van der Waals surface area contributed by atoms with Crippen LogP contribution in [0.4, 0.5) is 0 Å². The van der Waals surface area contributed by atoms with E-state index in [2.05, 4.69) is 19.0 Å². The van der Waals surface area contributed by atoms with Gasteiger partial charge < -0.3 is 9.64 Å². The highest BCUT2D eigenvalue weighted by Crippen LogP contribution is 2.26. The van der Waals surface area contributed by atoms with E-state index in [0.29, 0.717) is 0 Å². The van der Waals surface area contributed by atoms with E-state index in [-0.39, 0.29) is 0 Å². The minimum absolute atomic E-state index is 0.818. The van der Waals surface area contributed by atoms with Crippen molar-refractivity contribution in [2.75, 3.05) is 27.8 Å². The zero-order valence-corrected chi connectivity index (χ0v) is 8.55. The van der Waals surface area contributed by atoms with Crippen molar-refractivity contribution in [3.05, 3.63) is 0 Å². The fourth-order valence-electron chi connectivity index (χ4n) is 2.06. The second kappa shape index (κ2) is 4.83. The summed E-state index contributed by atoms with van der Waals surface area (Å²) in [5, 5.41) is 0. The van der Waals surface area contributed by atoms with Crippen LogP contribution in [0, 0.1) is 5.92 Å². The standard InChI is InChI=1S/C10H21NO/c1-11(2)10-6-4-9(5-7-10)8-12-3/h9-10H,4-8H2,1-3H3. The van der Waals surface area contributed by atoms with E-state index < -0.39 is 0 Å². The molecule has 0 aromatic rings. The summed E-state index contributed by atoms with van der Waals surface area (Å²) in [5.74, 6) is 0.825. The minimum Gasteiger partial charge on any atom is -0.384 e. The first kappa shape index (κ1) is 10.0. The van der Waals surface area contributed by atoms with Gasteiger partial charge in [0.05, 0.1) is 0 Å². The van der Waals surface area contributed by atoms with E-state index in [4.69, 9.17) is 4.74 Å². The van der Waals surface area contributed by atoms with Crippen LogP contribution in [0.25, 0.3) is 0 Å². The van der Waals surface area contributed by atoms with Crippen molar-refractivity contribution in [1.29, 1.82) is 0 Å². The predicted molar refractivity (Wildman–Crippen MR) is 51.3 cm³/mol. The summed E-state index contributed by atoms with van der Waals surface area (Å²) in [7, 11) is 6.17. The van der Waals surface area contributed by atoms with Crippen molar-refractivity contribution in [2.45, 2.75) is 31.7 Å². The molecular weight excluding hydrogens is 150 g/mol. The third kappa shape index (κ3) is 2.76. The SMILES string of the molecule is COCC1CCC(N(C)C)CC1. The van der Waals surface area contributed by atoms with Crippen molar-refractivity contribution < 1.29 is 4.74 Å². The summed E-state index contributed by atoms with van der Waals surface area (Å²) < 4.78 is 5.16. The maximum atomic E-state index is 5.16. The number of ether oxygens (including phenoxy) is 1. The lowest BCUT2D eigenvalue weighted by atomic mass is 9.86. The minimum atomic E-state index is 0.818. The highest BCUT2D eigenvalue weighted by Gasteiger charge is 2.21. The van der Waals surface area contributed by atoms with Gasteiger partial charge in [-0.3, -0.25) is 0 Å². The second-order valence-corrected chi connectivity index (χ2v) is 4.09. The lowest BCUT2D eigenvalue weighted by Gasteiger charge is -2.32. The van der Waals surface area contributed by atoms with Gasteiger partial charge in [0.1, 0.15) is 0 Å². The topological polar surface area (TPSA) is 12.5 Å². The summed E-state index contributed by atoms with van der Waals surface area (Å²) in [4.78, 5) is 2.35. The molecule has 12 heavy (non-hydrogen) atoms. The van der Waals surface area contributed by atoms with Crippen LogP contribution in [0.1, 0.15) is 25.7 Å². The third-order valence-electron chi connectivity index (χ3n) is 2.95. The van der Waals surface area contributed by atoms with Crippen molar-refractivity contribution in [2.24, 2.45) is 5.92 Å². The molecule has 0 unspecified atom stereocenters. The van der Waals surface area contributed by atoms with Gasteiger partial charge in [0.2, 0.25) is 0 Å². The molecule has 0 aliphatic heterocycles. The van der Waals surface area contributed by atoms with Crippen molar-refractivity contribution in [1.82, 2.24) is 4.90 Å². The van der Waals surface area contributed by atoms with Crippen LogP contribution in [-0.2, 0) is 4.74 Å². The van der Waals surface area contributed by atoms with Crippen LogP contribution in [0.15, 0.2) is 0 Å². The second-order valence-electron chi connectivity index (χ2n) is 4.09. The molecule has 1 rings (SSSR count). The molecule has 2 heteroatoms. The molecule has 2 nitrogen and oxygen atoms in total. The molecule has 1 fully saturated rings. The Morgan fingerprint density at radius 1 is 1.17 bits per heavy atom.